The molecule has 7 heteroatoms. The Kier molecular flexibility index (Phi) is 4.82. The number of sulfonamides is 1. The lowest BCUT2D eigenvalue weighted by atomic mass is 9.93. The smallest absolute Gasteiger partial charge is 0.226 e. The zero-order valence-electron chi connectivity index (χ0n) is 15.5. The molecule has 0 saturated carbocycles. The Morgan fingerprint density at radius 2 is 1.67 bits per heavy atom. The van der Waals surface area contributed by atoms with E-state index in [1.54, 1.807) is 0 Å². The molecule has 1 atom stereocenters. The van der Waals surface area contributed by atoms with Crippen LogP contribution in [0, 0.1) is 5.92 Å². The van der Waals surface area contributed by atoms with Crippen molar-refractivity contribution < 1.29 is 13.2 Å². The van der Waals surface area contributed by atoms with Gasteiger partial charge in [-0.3, -0.25) is 4.79 Å². The molecule has 1 fully saturated rings. The molecule has 1 aromatic carbocycles. The average molecular weight is 388 g/mol. The summed E-state index contributed by atoms with van der Waals surface area (Å²) in [6.07, 6.45) is 4.48. The number of hydrogen-bond donors (Lipinski definition) is 0. The van der Waals surface area contributed by atoms with E-state index in [2.05, 4.69) is 29.0 Å². The molecule has 27 heavy (non-hydrogen) atoms. The van der Waals surface area contributed by atoms with Gasteiger partial charge in [-0.1, -0.05) is 30.3 Å². The number of nitrogens with zero attached hydrogens (tertiary/aromatic N) is 3. The molecule has 0 N–H and O–H groups in total. The molecule has 1 aromatic heterocycles. The van der Waals surface area contributed by atoms with E-state index >= 15 is 0 Å². The maximum absolute atomic E-state index is 13.4. The fourth-order valence-electron chi connectivity index (χ4n) is 4.28. The summed E-state index contributed by atoms with van der Waals surface area (Å²) in [6.45, 7) is 2.32. The van der Waals surface area contributed by atoms with Crippen LogP contribution in [0.2, 0.25) is 0 Å². The topological polar surface area (TPSA) is 62.6 Å². The van der Waals surface area contributed by atoms with Crippen LogP contribution in [0.1, 0.15) is 30.1 Å². The summed E-state index contributed by atoms with van der Waals surface area (Å²) < 4.78 is 27.2. The van der Waals surface area contributed by atoms with Gasteiger partial charge in [-0.15, -0.1) is 0 Å². The number of carbonyl (C=O) groups is 1. The number of fused-ring (bicyclic) bond motifs is 1. The van der Waals surface area contributed by atoms with Crippen molar-refractivity contribution in [2.45, 2.75) is 25.4 Å². The Balaban J connectivity index is 1.58. The lowest BCUT2D eigenvalue weighted by molar-refractivity contribution is -0.139. The van der Waals surface area contributed by atoms with E-state index in [9.17, 15) is 13.2 Å². The molecule has 3 heterocycles. The van der Waals surface area contributed by atoms with Crippen LogP contribution in [0.25, 0.3) is 0 Å². The molecule has 0 bridgehead atoms. The number of hydrogen-bond acceptors (Lipinski definition) is 3. The summed E-state index contributed by atoms with van der Waals surface area (Å²) in [5.74, 6) is 0.0279. The highest BCUT2D eigenvalue weighted by Gasteiger charge is 2.37. The van der Waals surface area contributed by atoms with E-state index in [0.29, 0.717) is 32.5 Å². The summed E-state index contributed by atoms with van der Waals surface area (Å²) in [6, 6.07) is 14.2. The Morgan fingerprint density at radius 1 is 0.963 bits per heavy atom. The molecule has 0 spiro atoms. The molecule has 1 amide bonds. The van der Waals surface area contributed by atoms with Crippen molar-refractivity contribution in [1.29, 1.82) is 0 Å². The van der Waals surface area contributed by atoms with E-state index in [1.807, 2.05) is 29.2 Å². The predicted octanol–water partition coefficient (Wildman–Crippen LogP) is 2.09. The quantitative estimate of drug-likeness (QED) is 0.810. The van der Waals surface area contributed by atoms with Gasteiger partial charge >= 0.3 is 0 Å². The van der Waals surface area contributed by atoms with Crippen molar-refractivity contribution in [3.63, 3.8) is 0 Å². The number of carbonyl (C=O) groups excluding carboxylic acids is 1. The fourth-order valence-corrected chi connectivity index (χ4v) is 5.15. The third-order valence-electron chi connectivity index (χ3n) is 5.71. The molecule has 4 rings (SSSR count). The van der Waals surface area contributed by atoms with E-state index in [1.165, 1.54) is 10.6 Å². The summed E-state index contributed by atoms with van der Waals surface area (Å²) >= 11 is 0. The third kappa shape index (κ3) is 3.53. The third-order valence-corrected chi connectivity index (χ3v) is 7.01. The molecule has 1 saturated heterocycles. The van der Waals surface area contributed by atoms with Crippen molar-refractivity contribution in [2.75, 3.05) is 25.9 Å². The van der Waals surface area contributed by atoms with Crippen LogP contribution >= 0.6 is 0 Å². The first kappa shape index (κ1) is 18.3. The number of benzene rings is 1. The van der Waals surface area contributed by atoms with Gasteiger partial charge in [-0.05, 0) is 30.5 Å². The van der Waals surface area contributed by atoms with Crippen LogP contribution in [-0.2, 0) is 21.4 Å². The Morgan fingerprint density at radius 3 is 2.33 bits per heavy atom. The zero-order valence-corrected chi connectivity index (χ0v) is 16.3. The van der Waals surface area contributed by atoms with Gasteiger partial charge in [0.2, 0.25) is 15.9 Å². The number of rotatable bonds is 3. The second-order valence-corrected chi connectivity index (χ2v) is 9.39. The van der Waals surface area contributed by atoms with Crippen LogP contribution in [0.4, 0.5) is 0 Å². The predicted molar refractivity (Wildman–Crippen MR) is 104 cm³/mol. The Bertz CT molecular complexity index is 915. The minimum Gasteiger partial charge on any atom is -0.348 e. The molecule has 2 aliphatic heterocycles. The lowest BCUT2D eigenvalue weighted by Gasteiger charge is -2.40. The highest BCUT2D eigenvalue weighted by atomic mass is 32.2. The summed E-state index contributed by atoms with van der Waals surface area (Å²) in [5.41, 5.74) is 2.24. The maximum Gasteiger partial charge on any atom is 0.226 e. The van der Waals surface area contributed by atoms with Gasteiger partial charge in [0.15, 0.2) is 0 Å². The molecule has 1 unspecified atom stereocenters. The first-order valence-electron chi connectivity index (χ1n) is 9.41. The second kappa shape index (κ2) is 7.13. The molecule has 2 aromatic rings. The van der Waals surface area contributed by atoms with Crippen LogP contribution in [0.3, 0.4) is 0 Å². The van der Waals surface area contributed by atoms with Gasteiger partial charge in [-0.25, -0.2) is 12.7 Å². The SMILES string of the molecule is CS(=O)(=O)N1CCC(C(=O)N2CCn3cccc3C2c2ccccc2)CC1. The molecule has 0 aliphatic carbocycles. The van der Waals surface area contributed by atoms with Crippen molar-refractivity contribution >= 4 is 15.9 Å². The molecule has 0 radical (unpaired) electrons. The molecular formula is C20H25N3O3S. The molecule has 2 aliphatic rings. The van der Waals surface area contributed by atoms with Gasteiger partial charge in [0, 0.05) is 44.0 Å². The number of amides is 1. The fraction of sp³-hybridized carbons (Fsp3) is 0.450. The molecule has 6 nitrogen and oxygen atoms in total. The molecule has 144 valence electrons. The van der Waals surface area contributed by atoms with Gasteiger partial charge in [0.25, 0.3) is 0 Å². The highest BCUT2D eigenvalue weighted by molar-refractivity contribution is 7.88. The van der Waals surface area contributed by atoms with Crippen molar-refractivity contribution in [3.8, 4) is 0 Å². The van der Waals surface area contributed by atoms with E-state index < -0.39 is 10.0 Å². The first-order valence-corrected chi connectivity index (χ1v) is 11.3. The van der Waals surface area contributed by atoms with Crippen molar-refractivity contribution in [3.05, 3.63) is 59.9 Å². The number of aromatic nitrogens is 1. The van der Waals surface area contributed by atoms with Gasteiger partial charge in [0.1, 0.15) is 0 Å². The summed E-state index contributed by atoms with van der Waals surface area (Å²) in [4.78, 5) is 15.4. The normalized spacial score (nSPS) is 21.8. The molecular weight excluding hydrogens is 362 g/mol. The summed E-state index contributed by atoms with van der Waals surface area (Å²) in [7, 11) is -3.18. The zero-order chi connectivity index (χ0) is 19.0. The van der Waals surface area contributed by atoms with Gasteiger partial charge in [0.05, 0.1) is 12.3 Å². The average Bonchev–Trinajstić information content (AvgIpc) is 3.15. The van der Waals surface area contributed by atoms with Crippen LogP contribution < -0.4 is 0 Å². The van der Waals surface area contributed by atoms with Crippen molar-refractivity contribution in [1.82, 2.24) is 13.8 Å². The van der Waals surface area contributed by atoms with E-state index in [0.717, 1.165) is 17.8 Å². The largest absolute Gasteiger partial charge is 0.348 e. The van der Waals surface area contributed by atoms with E-state index in [4.69, 9.17) is 0 Å². The van der Waals surface area contributed by atoms with E-state index in [-0.39, 0.29) is 17.9 Å². The van der Waals surface area contributed by atoms with Gasteiger partial charge < -0.3 is 9.47 Å². The summed E-state index contributed by atoms with van der Waals surface area (Å²) in [5, 5.41) is 0. The Labute approximate surface area is 160 Å². The Hall–Kier alpha value is -2.12. The van der Waals surface area contributed by atoms with Gasteiger partial charge in [-0.2, -0.15) is 0 Å². The van der Waals surface area contributed by atoms with Crippen molar-refractivity contribution in [2.24, 2.45) is 5.92 Å². The minimum atomic E-state index is -3.18. The maximum atomic E-state index is 13.4. The minimum absolute atomic E-state index is 0.0876. The van der Waals surface area contributed by atoms with Crippen LogP contribution in [0.15, 0.2) is 48.7 Å². The van der Waals surface area contributed by atoms with Crippen LogP contribution in [0.5, 0.6) is 0 Å². The monoisotopic (exact) mass is 387 g/mol. The number of piperidine rings is 1. The lowest BCUT2D eigenvalue weighted by Crippen LogP contribution is -2.48. The highest BCUT2D eigenvalue weighted by Crippen LogP contribution is 2.34. The second-order valence-electron chi connectivity index (χ2n) is 7.41. The standard InChI is InChI=1S/C20H25N3O3S/c1-27(25,26)22-12-9-17(10-13-22)20(24)23-15-14-21-11-5-8-18(21)19(23)16-6-3-2-4-7-16/h2-8,11,17,19H,9-10,12-15H2,1H3. The first-order chi connectivity index (χ1) is 12.9. The van der Waals surface area contributed by atoms with Crippen LogP contribution in [-0.4, -0.2) is 54.0 Å².